The Morgan fingerprint density at radius 1 is 0.833 bits per heavy atom. The molecule has 3 atom stereocenters. The molecule has 88 valence electrons. The molecule has 0 saturated carbocycles. The SMILES string of the molecule is C1=CC2[C@H]3C=CC=C[C@H]3c3ccccc3N2C=C1. The average molecular weight is 233 g/mol. The van der Waals surface area contributed by atoms with E-state index in [9.17, 15) is 0 Å². The van der Waals surface area contributed by atoms with E-state index in [2.05, 4.69) is 77.9 Å². The Labute approximate surface area is 107 Å². The topological polar surface area (TPSA) is 3.24 Å². The quantitative estimate of drug-likeness (QED) is 0.659. The maximum absolute atomic E-state index is 2.40. The highest BCUT2D eigenvalue weighted by atomic mass is 15.2. The van der Waals surface area contributed by atoms with Crippen molar-refractivity contribution in [3.8, 4) is 0 Å². The first kappa shape index (κ1) is 9.95. The molecule has 2 heterocycles. The number of hydrogen-bond donors (Lipinski definition) is 0. The molecule has 0 spiro atoms. The number of hydrogen-bond acceptors (Lipinski definition) is 1. The second kappa shape index (κ2) is 3.74. The summed E-state index contributed by atoms with van der Waals surface area (Å²) < 4.78 is 0. The minimum atomic E-state index is 0.455. The van der Waals surface area contributed by atoms with E-state index in [1.165, 1.54) is 11.3 Å². The van der Waals surface area contributed by atoms with E-state index in [1.807, 2.05) is 0 Å². The van der Waals surface area contributed by atoms with E-state index in [1.54, 1.807) is 0 Å². The third-order valence-corrected chi connectivity index (χ3v) is 4.13. The van der Waals surface area contributed by atoms with E-state index >= 15 is 0 Å². The number of allylic oxidation sites excluding steroid dienone is 5. The number of para-hydroxylation sites is 1. The standard InChI is InChI=1S/C17H15N/c1-2-8-14-13(7-1)15-9-3-4-10-16(15)18-12-6-5-11-17(14)18/h1-14,17H/t13-,14+,17?/m1/s1. The summed E-state index contributed by atoms with van der Waals surface area (Å²) in [5.41, 5.74) is 2.80. The first-order chi connectivity index (χ1) is 8.95. The molecule has 0 fully saturated rings. The number of fused-ring (bicyclic) bond motifs is 6. The average Bonchev–Trinajstić information content (AvgIpc) is 2.48. The lowest BCUT2D eigenvalue weighted by atomic mass is 9.74. The molecule has 1 aromatic carbocycles. The normalized spacial score (nSPS) is 30.9. The van der Waals surface area contributed by atoms with Gasteiger partial charge in [-0.2, -0.15) is 0 Å². The highest BCUT2D eigenvalue weighted by Crippen LogP contribution is 2.45. The summed E-state index contributed by atoms with van der Waals surface area (Å²) in [6.45, 7) is 0. The fourth-order valence-corrected chi connectivity index (χ4v) is 3.33. The third-order valence-electron chi connectivity index (χ3n) is 4.13. The molecule has 1 heteroatoms. The Kier molecular flexibility index (Phi) is 2.07. The van der Waals surface area contributed by atoms with Crippen LogP contribution in [0.1, 0.15) is 11.5 Å². The van der Waals surface area contributed by atoms with Gasteiger partial charge in [0.2, 0.25) is 0 Å². The molecule has 0 saturated heterocycles. The maximum Gasteiger partial charge on any atom is 0.0591 e. The van der Waals surface area contributed by atoms with Crippen LogP contribution in [0.2, 0.25) is 0 Å². The van der Waals surface area contributed by atoms with Crippen LogP contribution >= 0.6 is 0 Å². The van der Waals surface area contributed by atoms with Gasteiger partial charge in [-0.05, 0) is 17.7 Å². The van der Waals surface area contributed by atoms with Gasteiger partial charge in [-0.15, -0.1) is 0 Å². The van der Waals surface area contributed by atoms with Crippen molar-refractivity contribution in [2.45, 2.75) is 12.0 Å². The van der Waals surface area contributed by atoms with Crippen molar-refractivity contribution in [2.75, 3.05) is 4.90 Å². The molecule has 2 aliphatic heterocycles. The van der Waals surface area contributed by atoms with Gasteiger partial charge >= 0.3 is 0 Å². The molecule has 1 aromatic rings. The molecule has 18 heavy (non-hydrogen) atoms. The molecule has 0 N–H and O–H groups in total. The summed E-state index contributed by atoms with van der Waals surface area (Å²) in [4.78, 5) is 2.40. The van der Waals surface area contributed by atoms with Crippen molar-refractivity contribution in [1.29, 1.82) is 0 Å². The smallest absolute Gasteiger partial charge is 0.0591 e. The summed E-state index contributed by atoms with van der Waals surface area (Å²) >= 11 is 0. The van der Waals surface area contributed by atoms with Crippen molar-refractivity contribution in [3.63, 3.8) is 0 Å². The van der Waals surface area contributed by atoms with Gasteiger partial charge in [0.25, 0.3) is 0 Å². The van der Waals surface area contributed by atoms with Crippen LogP contribution < -0.4 is 4.90 Å². The van der Waals surface area contributed by atoms with Gasteiger partial charge in [-0.3, -0.25) is 0 Å². The molecule has 4 rings (SSSR count). The number of benzene rings is 1. The zero-order valence-electron chi connectivity index (χ0n) is 10.1. The summed E-state index contributed by atoms with van der Waals surface area (Å²) in [5, 5.41) is 0. The van der Waals surface area contributed by atoms with E-state index in [0.29, 0.717) is 17.9 Å². The van der Waals surface area contributed by atoms with Crippen LogP contribution in [0.15, 0.2) is 73.0 Å². The molecule has 1 aliphatic carbocycles. The van der Waals surface area contributed by atoms with E-state index in [0.717, 1.165) is 0 Å². The Hall–Kier alpha value is -2.02. The fraction of sp³-hybridized carbons (Fsp3) is 0.176. The van der Waals surface area contributed by atoms with Gasteiger partial charge in [0.05, 0.1) is 6.04 Å². The van der Waals surface area contributed by atoms with Gasteiger partial charge in [0.1, 0.15) is 0 Å². The summed E-state index contributed by atoms with van der Waals surface area (Å²) in [6.07, 6.45) is 17.8. The second-order valence-corrected chi connectivity index (χ2v) is 5.06. The van der Waals surface area contributed by atoms with Crippen LogP contribution in [0.25, 0.3) is 0 Å². The highest BCUT2D eigenvalue weighted by Gasteiger charge is 2.37. The number of rotatable bonds is 0. The van der Waals surface area contributed by atoms with Crippen molar-refractivity contribution in [3.05, 3.63) is 78.6 Å². The van der Waals surface area contributed by atoms with Crippen LogP contribution in [0, 0.1) is 5.92 Å². The van der Waals surface area contributed by atoms with Gasteiger partial charge in [-0.1, -0.05) is 54.7 Å². The molecule has 0 radical (unpaired) electrons. The van der Waals surface area contributed by atoms with Crippen LogP contribution in [-0.2, 0) is 0 Å². The van der Waals surface area contributed by atoms with Crippen LogP contribution in [0.5, 0.6) is 0 Å². The Morgan fingerprint density at radius 2 is 1.67 bits per heavy atom. The first-order valence-corrected chi connectivity index (χ1v) is 6.52. The zero-order valence-corrected chi connectivity index (χ0v) is 10.1. The fourth-order valence-electron chi connectivity index (χ4n) is 3.33. The molecule has 0 bridgehead atoms. The van der Waals surface area contributed by atoms with Crippen molar-refractivity contribution in [1.82, 2.24) is 0 Å². The molecule has 3 aliphatic rings. The van der Waals surface area contributed by atoms with Crippen molar-refractivity contribution in [2.24, 2.45) is 5.92 Å². The molecule has 0 amide bonds. The second-order valence-electron chi connectivity index (χ2n) is 5.06. The molecule has 1 unspecified atom stereocenters. The number of anilines is 1. The molecular formula is C17H15N. The van der Waals surface area contributed by atoms with Gasteiger partial charge in [0.15, 0.2) is 0 Å². The van der Waals surface area contributed by atoms with Crippen LogP contribution in [-0.4, -0.2) is 6.04 Å². The largest absolute Gasteiger partial charge is 0.340 e. The lowest BCUT2D eigenvalue weighted by molar-refractivity contribution is 0.484. The lowest BCUT2D eigenvalue weighted by Crippen LogP contribution is -2.43. The van der Waals surface area contributed by atoms with Crippen molar-refractivity contribution >= 4 is 5.69 Å². The highest BCUT2D eigenvalue weighted by molar-refractivity contribution is 5.64. The van der Waals surface area contributed by atoms with E-state index in [-0.39, 0.29) is 0 Å². The molecule has 1 nitrogen and oxygen atoms in total. The van der Waals surface area contributed by atoms with E-state index in [4.69, 9.17) is 0 Å². The Bertz CT molecular complexity index is 538. The third kappa shape index (κ3) is 1.28. The Balaban J connectivity index is 1.93. The minimum absolute atomic E-state index is 0.455. The zero-order chi connectivity index (χ0) is 11.9. The molecular weight excluding hydrogens is 218 g/mol. The van der Waals surface area contributed by atoms with Gasteiger partial charge < -0.3 is 4.90 Å². The maximum atomic E-state index is 2.40. The van der Waals surface area contributed by atoms with Crippen LogP contribution in [0.3, 0.4) is 0 Å². The number of nitrogens with zero attached hydrogens (tertiary/aromatic N) is 1. The van der Waals surface area contributed by atoms with Crippen molar-refractivity contribution < 1.29 is 0 Å². The van der Waals surface area contributed by atoms with E-state index < -0.39 is 0 Å². The predicted molar refractivity (Wildman–Crippen MR) is 75.5 cm³/mol. The predicted octanol–water partition coefficient (Wildman–Crippen LogP) is 3.78. The Morgan fingerprint density at radius 3 is 2.67 bits per heavy atom. The van der Waals surface area contributed by atoms with Crippen LogP contribution in [0.4, 0.5) is 5.69 Å². The van der Waals surface area contributed by atoms with Gasteiger partial charge in [-0.25, -0.2) is 0 Å². The molecule has 0 aromatic heterocycles. The van der Waals surface area contributed by atoms with Gasteiger partial charge in [0, 0.05) is 23.7 Å². The summed E-state index contributed by atoms with van der Waals surface area (Å²) in [6, 6.07) is 9.22. The summed E-state index contributed by atoms with van der Waals surface area (Å²) in [5.74, 6) is 1.06. The summed E-state index contributed by atoms with van der Waals surface area (Å²) in [7, 11) is 0. The minimum Gasteiger partial charge on any atom is -0.340 e. The lowest BCUT2D eigenvalue weighted by Gasteiger charge is -2.45. The monoisotopic (exact) mass is 233 g/mol. The first-order valence-electron chi connectivity index (χ1n) is 6.52.